The number of benzene rings is 1. The van der Waals surface area contributed by atoms with Gasteiger partial charge in [0.2, 0.25) is 0 Å². The van der Waals surface area contributed by atoms with Gasteiger partial charge in [-0.05, 0) is 44.5 Å². The summed E-state index contributed by atoms with van der Waals surface area (Å²) in [7, 11) is 2.16. The quantitative estimate of drug-likeness (QED) is 0.838. The third-order valence-corrected chi connectivity index (χ3v) is 5.32. The van der Waals surface area contributed by atoms with Crippen molar-refractivity contribution in [2.45, 2.75) is 39.2 Å². The SMILES string of the molecule is Cc1ccc2c(c1)C(O)(C1CCN(C)C1)C(C)(C)C2. The van der Waals surface area contributed by atoms with Crippen LogP contribution in [0.5, 0.6) is 0 Å². The van der Waals surface area contributed by atoms with Crippen molar-refractivity contribution < 1.29 is 5.11 Å². The van der Waals surface area contributed by atoms with Gasteiger partial charge in [-0.25, -0.2) is 0 Å². The molecule has 0 aromatic heterocycles. The Morgan fingerprint density at radius 1 is 1.32 bits per heavy atom. The zero-order chi connectivity index (χ0) is 13.8. The van der Waals surface area contributed by atoms with Crippen LogP contribution in [0.3, 0.4) is 0 Å². The molecule has 1 N–H and O–H groups in total. The van der Waals surface area contributed by atoms with E-state index in [2.05, 4.69) is 50.9 Å². The Balaban J connectivity index is 2.10. The van der Waals surface area contributed by atoms with E-state index in [0.29, 0.717) is 5.92 Å². The van der Waals surface area contributed by atoms with Gasteiger partial charge in [0.05, 0.1) is 5.60 Å². The maximum Gasteiger partial charge on any atom is 0.0993 e. The number of aryl methyl sites for hydroxylation is 1. The van der Waals surface area contributed by atoms with Gasteiger partial charge in [-0.3, -0.25) is 0 Å². The van der Waals surface area contributed by atoms with Crippen LogP contribution in [-0.2, 0) is 12.0 Å². The first-order valence-corrected chi connectivity index (χ1v) is 7.35. The summed E-state index contributed by atoms with van der Waals surface area (Å²) >= 11 is 0. The van der Waals surface area contributed by atoms with Crippen LogP contribution in [0, 0.1) is 18.3 Å². The van der Waals surface area contributed by atoms with Gasteiger partial charge in [-0.2, -0.15) is 0 Å². The van der Waals surface area contributed by atoms with E-state index in [1.54, 1.807) is 0 Å². The molecule has 1 aliphatic heterocycles. The summed E-state index contributed by atoms with van der Waals surface area (Å²) in [5.74, 6) is 0.357. The molecule has 0 bridgehead atoms. The topological polar surface area (TPSA) is 23.5 Å². The predicted octanol–water partition coefficient (Wildman–Crippen LogP) is 2.72. The van der Waals surface area contributed by atoms with Crippen LogP contribution in [-0.4, -0.2) is 30.1 Å². The second kappa shape index (κ2) is 4.07. The summed E-state index contributed by atoms with van der Waals surface area (Å²) in [4.78, 5) is 2.34. The third-order valence-electron chi connectivity index (χ3n) is 5.32. The number of fused-ring (bicyclic) bond motifs is 1. The van der Waals surface area contributed by atoms with Crippen LogP contribution >= 0.6 is 0 Å². The largest absolute Gasteiger partial charge is 0.384 e. The molecule has 19 heavy (non-hydrogen) atoms. The van der Waals surface area contributed by atoms with Crippen LogP contribution in [0.4, 0.5) is 0 Å². The molecule has 0 amide bonds. The highest BCUT2D eigenvalue weighted by Crippen LogP contribution is 2.55. The monoisotopic (exact) mass is 259 g/mol. The summed E-state index contributed by atoms with van der Waals surface area (Å²) in [5, 5.41) is 11.6. The molecule has 0 radical (unpaired) electrons. The highest BCUT2D eigenvalue weighted by molar-refractivity contribution is 5.43. The number of rotatable bonds is 1. The van der Waals surface area contributed by atoms with E-state index in [0.717, 1.165) is 25.9 Å². The molecular weight excluding hydrogens is 234 g/mol. The average Bonchev–Trinajstić information content (AvgIpc) is 2.83. The number of aliphatic hydroxyl groups is 1. The van der Waals surface area contributed by atoms with Gasteiger partial charge in [-0.1, -0.05) is 37.6 Å². The van der Waals surface area contributed by atoms with Gasteiger partial charge < -0.3 is 10.0 Å². The number of hydrogen-bond acceptors (Lipinski definition) is 2. The molecule has 1 aromatic rings. The van der Waals surface area contributed by atoms with Crippen molar-refractivity contribution in [1.29, 1.82) is 0 Å². The van der Waals surface area contributed by atoms with Gasteiger partial charge in [-0.15, -0.1) is 0 Å². The molecule has 104 valence electrons. The second-order valence-corrected chi connectivity index (χ2v) is 7.24. The lowest BCUT2D eigenvalue weighted by atomic mass is 9.67. The molecular formula is C17H25NO. The number of nitrogens with zero attached hydrogens (tertiary/aromatic N) is 1. The molecule has 1 saturated heterocycles. The maximum absolute atomic E-state index is 11.6. The van der Waals surface area contributed by atoms with Crippen molar-refractivity contribution in [2.75, 3.05) is 20.1 Å². The highest BCUT2D eigenvalue weighted by atomic mass is 16.3. The molecule has 2 nitrogen and oxygen atoms in total. The standard InChI is InChI=1S/C17H25NO/c1-12-5-6-13-10-16(2,3)17(19,15(13)9-12)14-7-8-18(4)11-14/h5-6,9,14,19H,7-8,10-11H2,1-4H3. The molecule has 2 heteroatoms. The van der Waals surface area contributed by atoms with Gasteiger partial charge >= 0.3 is 0 Å². The Hall–Kier alpha value is -0.860. The molecule has 1 aromatic carbocycles. The van der Waals surface area contributed by atoms with E-state index in [-0.39, 0.29) is 5.41 Å². The summed E-state index contributed by atoms with van der Waals surface area (Å²) in [6.07, 6.45) is 2.09. The fraction of sp³-hybridized carbons (Fsp3) is 0.647. The molecule has 1 fully saturated rings. The minimum absolute atomic E-state index is 0.0705. The Labute approximate surface area is 116 Å². The van der Waals surface area contributed by atoms with E-state index in [1.807, 2.05) is 0 Å². The van der Waals surface area contributed by atoms with Crippen molar-refractivity contribution >= 4 is 0 Å². The van der Waals surface area contributed by atoms with E-state index >= 15 is 0 Å². The van der Waals surface area contributed by atoms with Crippen LogP contribution in [0.15, 0.2) is 18.2 Å². The smallest absolute Gasteiger partial charge is 0.0993 e. The highest BCUT2D eigenvalue weighted by Gasteiger charge is 2.56. The minimum atomic E-state index is -0.668. The second-order valence-electron chi connectivity index (χ2n) is 7.24. The normalized spacial score (nSPS) is 33.6. The molecule has 2 aliphatic rings. The van der Waals surface area contributed by atoms with Gasteiger partial charge in [0, 0.05) is 17.9 Å². The maximum atomic E-state index is 11.6. The predicted molar refractivity (Wildman–Crippen MR) is 78.2 cm³/mol. The van der Waals surface area contributed by atoms with E-state index in [9.17, 15) is 5.11 Å². The van der Waals surface area contributed by atoms with Crippen LogP contribution < -0.4 is 0 Å². The summed E-state index contributed by atoms with van der Waals surface area (Å²) in [5.41, 5.74) is 3.05. The van der Waals surface area contributed by atoms with E-state index in [4.69, 9.17) is 0 Å². The average molecular weight is 259 g/mol. The molecule has 0 spiro atoms. The summed E-state index contributed by atoms with van der Waals surface area (Å²) < 4.78 is 0. The Morgan fingerprint density at radius 3 is 2.68 bits per heavy atom. The van der Waals surface area contributed by atoms with E-state index < -0.39 is 5.60 Å². The van der Waals surface area contributed by atoms with Crippen molar-refractivity contribution in [3.05, 3.63) is 34.9 Å². The zero-order valence-corrected chi connectivity index (χ0v) is 12.5. The molecule has 2 unspecified atom stereocenters. The zero-order valence-electron chi connectivity index (χ0n) is 12.5. The fourth-order valence-corrected chi connectivity index (χ4v) is 4.22. The number of likely N-dealkylation sites (tertiary alicyclic amines) is 1. The van der Waals surface area contributed by atoms with Crippen molar-refractivity contribution in [1.82, 2.24) is 4.90 Å². The Morgan fingerprint density at radius 2 is 2.05 bits per heavy atom. The first-order valence-electron chi connectivity index (χ1n) is 7.35. The third kappa shape index (κ3) is 1.77. The van der Waals surface area contributed by atoms with Crippen molar-refractivity contribution in [3.8, 4) is 0 Å². The minimum Gasteiger partial charge on any atom is -0.384 e. The Bertz CT molecular complexity index is 508. The lowest BCUT2D eigenvalue weighted by Gasteiger charge is -2.42. The molecule has 1 aliphatic carbocycles. The first-order chi connectivity index (χ1) is 8.84. The van der Waals surface area contributed by atoms with Crippen LogP contribution in [0.1, 0.15) is 37.0 Å². The van der Waals surface area contributed by atoms with Crippen molar-refractivity contribution in [3.63, 3.8) is 0 Å². The first kappa shape index (κ1) is 13.1. The van der Waals surface area contributed by atoms with E-state index in [1.165, 1.54) is 16.7 Å². The summed E-state index contributed by atoms with van der Waals surface area (Å²) in [6.45, 7) is 8.67. The number of hydrogen-bond donors (Lipinski definition) is 1. The molecule has 1 heterocycles. The molecule has 2 atom stereocenters. The Kier molecular flexibility index (Phi) is 2.81. The van der Waals surface area contributed by atoms with Gasteiger partial charge in [0.25, 0.3) is 0 Å². The molecule has 0 saturated carbocycles. The summed E-state index contributed by atoms with van der Waals surface area (Å²) in [6, 6.07) is 6.59. The van der Waals surface area contributed by atoms with Gasteiger partial charge in [0.15, 0.2) is 0 Å². The lowest BCUT2D eigenvalue weighted by molar-refractivity contribution is -0.104. The van der Waals surface area contributed by atoms with Crippen LogP contribution in [0.25, 0.3) is 0 Å². The van der Waals surface area contributed by atoms with Crippen LogP contribution in [0.2, 0.25) is 0 Å². The van der Waals surface area contributed by atoms with Gasteiger partial charge in [0.1, 0.15) is 0 Å². The molecule has 3 rings (SSSR count). The lowest BCUT2D eigenvalue weighted by Crippen LogP contribution is -2.46. The van der Waals surface area contributed by atoms with Crippen molar-refractivity contribution in [2.24, 2.45) is 11.3 Å². The fourth-order valence-electron chi connectivity index (χ4n) is 4.22.